The molecule has 1 fully saturated rings. The summed E-state index contributed by atoms with van der Waals surface area (Å²) in [6.07, 6.45) is 5.91. The summed E-state index contributed by atoms with van der Waals surface area (Å²) in [5.41, 5.74) is 0.874. The van der Waals surface area contributed by atoms with E-state index in [4.69, 9.17) is 0 Å². The number of hydrogen-bond donors (Lipinski definition) is 2. The molecule has 0 spiro atoms. The van der Waals surface area contributed by atoms with Gasteiger partial charge in [-0.25, -0.2) is 9.48 Å². The van der Waals surface area contributed by atoms with Crippen molar-refractivity contribution in [3.05, 3.63) is 42.4 Å². The lowest BCUT2D eigenvalue weighted by Gasteiger charge is -2.23. The molecule has 2 unspecified atom stereocenters. The maximum Gasteiger partial charge on any atom is 0.322 e. The normalized spacial score (nSPS) is 20.1. The summed E-state index contributed by atoms with van der Waals surface area (Å²) in [6.45, 7) is 1.05. The highest BCUT2D eigenvalue weighted by atomic mass is 16.3. The molecular formula is C17H23N5O2. The second-order valence-electron chi connectivity index (χ2n) is 6.26. The summed E-state index contributed by atoms with van der Waals surface area (Å²) >= 11 is 0. The number of nitrogens with zero attached hydrogens (tertiary/aromatic N) is 4. The fraction of sp³-hybridized carbons (Fsp3) is 0.471. The molecule has 2 amide bonds. The zero-order valence-corrected chi connectivity index (χ0v) is 13.8. The number of carbonyl (C=O) groups is 1. The van der Waals surface area contributed by atoms with Gasteiger partial charge in [0.15, 0.2) is 0 Å². The molecule has 0 bridgehead atoms. The van der Waals surface area contributed by atoms with E-state index >= 15 is 0 Å². The highest BCUT2D eigenvalue weighted by Crippen LogP contribution is 2.26. The second kappa shape index (κ2) is 7.44. The number of aliphatic hydroxyl groups excluding tert-OH is 1. The fourth-order valence-electron chi connectivity index (χ4n) is 3.08. The summed E-state index contributed by atoms with van der Waals surface area (Å²) in [5, 5.41) is 17.0. The van der Waals surface area contributed by atoms with Crippen molar-refractivity contribution in [3.63, 3.8) is 0 Å². The number of nitrogens with one attached hydrogen (secondary N) is 1. The monoisotopic (exact) mass is 329 g/mol. The molecule has 0 saturated heterocycles. The SMILES string of the molecule is CN(CC1CCCC1O)C(=O)Nc1ccnn1Cc1ccccn1. The number of pyridine rings is 1. The number of anilines is 1. The molecule has 2 heterocycles. The third kappa shape index (κ3) is 3.91. The molecule has 1 saturated carbocycles. The van der Waals surface area contributed by atoms with Crippen molar-refractivity contribution in [2.24, 2.45) is 5.92 Å². The lowest BCUT2D eigenvalue weighted by atomic mass is 10.1. The van der Waals surface area contributed by atoms with Crippen LogP contribution in [0.2, 0.25) is 0 Å². The first-order valence-electron chi connectivity index (χ1n) is 8.25. The standard InChI is InChI=1S/C17H23N5O2/c1-21(11-13-5-4-7-15(13)23)17(24)20-16-8-10-19-22(16)12-14-6-2-3-9-18-14/h2-3,6,8-10,13,15,23H,4-5,7,11-12H2,1H3,(H,20,24). The number of carbonyl (C=O) groups excluding carboxylic acids is 1. The Bertz CT molecular complexity index is 673. The van der Waals surface area contributed by atoms with Crippen LogP contribution in [0.15, 0.2) is 36.7 Å². The van der Waals surface area contributed by atoms with Crippen molar-refractivity contribution >= 4 is 11.8 Å². The van der Waals surface area contributed by atoms with E-state index in [2.05, 4.69) is 15.4 Å². The van der Waals surface area contributed by atoms with E-state index in [1.807, 2.05) is 18.2 Å². The number of aromatic nitrogens is 3. The molecule has 0 aromatic carbocycles. The Kier molecular flexibility index (Phi) is 5.10. The first kappa shape index (κ1) is 16.4. The summed E-state index contributed by atoms with van der Waals surface area (Å²) in [4.78, 5) is 18.3. The Labute approximate surface area is 141 Å². The van der Waals surface area contributed by atoms with Crippen molar-refractivity contribution < 1.29 is 9.90 Å². The summed E-state index contributed by atoms with van der Waals surface area (Å²) in [7, 11) is 1.75. The van der Waals surface area contributed by atoms with Crippen LogP contribution >= 0.6 is 0 Å². The first-order valence-corrected chi connectivity index (χ1v) is 8.25. The number of amides is 2. The van der Waals surface area contributed by atoms with Crippen LogP contribution in [0.5, 0.6) is 0 Å². The zero-order valence-electron chi connectivity index (χ0n) is 13.8. The van der Waals surface area contributed by atoms with Crippen LogP contribution in [0.3, 0.4) is 0 Å². The Morgan fingerprint density at radius 1 is 1.38 bits per heavy atom. The van der Waals surface area contributed by atoms with Crippen LogP contribution in [0.1, 0.15) is 25.0 Å². The van der Waals surface area contributed by atoms with E-state index in [-0.39, 0.29) is 18.1 Å². The summed E-state index contributed by atoms with van der Waals surface area (Å²) in [5.74, 6) is 0.795. The molecule has 1 aliphatic carbocycles. The smallest absolute Gasteiger partial charge is 0.322 e. The van der Waals surface area contributed by atoms with Gasteiger partial charge in [0.05, 0.1) is 24.5 Å². The Hall–Kier alpha value is -2.41. The maximum absolute atomic E-state index is 12.4. The molecule has 3 rings (SSSR count). The van der Waals surface area contributed by atoms with Crippen molar-refractivity contribution in [2.45, 2.75) is 31.9 Å². The average molecular weight is 329 g/mol. The van der Waals surface area contributed by atoms with Crippen LogP contribution in [0.4, 0.5) is 10.6 Å². The minimum Gasteiger partial charge on any atom is -0.393 e. The Morgan fingerprint density at radius 3 is 2.96 bits per heavy atom. The van der Waals surface area contributed by atoms with E-state index in [9.17, 15) is 9.90 Å². The van der Waals surface area contributed by atoms with Gasteiger partial charge in [-0.15, -0.1) is 0 Å². The van der Waals surface area contributed by atoms with Crippen LogP contribution < -0.4 is 5.32 Å². The molecule has 2 aromatic rings. The predicted octanol–water partition coefficient (Wildman–Crippen LogP) is 1.95. The summed E-state index contributed by atoms with van der Waals surface area (Å²) in [6, 6.07) is 7.27. The van der Waals surface area contributed by atoms with Gasteiger partial charge in [-0.1, -0.05) is 12.5 Å². The van der Waals surface area contributed by atoms with E-state index in [1.54, 1.807) is 35.1 Å². The molecule has 7 heteroatoms. The highest BCUT2D eigenvalue weighted by molar-refractivity contribution is 5.88. The van der Waals surface area contributed by atoms with Gasteiger partial charge in [0.2, 0.25) is 0 Å². The quantitative estimate of drug-likeness (QED) is 0.878. The van der Waals surface area contributed by atoms with Crippen LogP contribution in [0.25, 0.3) is 0 Å². The molecular weight excluding hydrogens is 306 g/mol. The molecule has 2 N–H and O–H groups in total. The molecule has 2 aromatic heterocycles. The van der Waals surface area contributed by atoms with Gasteiger partial charge in [-0.05, 0) is 25.0 Å². The van der Waals surface area contributed by atoms with Crippen LogP contribution in [-0.2, 0) is 6.54 Å². The lowest BCUT2D eigenvalue weighted by molar-refractivity contribution is 0.116. The third-order valence-electron chi connectivity index (χ3n) is 4.46. The first-order chi connectivity index (χ1) is 11.6. The van der Waals surface area contributed by atoms with Crippen LogP contribution in [0, 0.1) is 5.92 Å². The van der Waals surface area contributed by atoms with Crippen molar-refractivity contribution in [1.29, 1.82) is 0 Å². The van der Waals surface area contributed by atoms with Gasteiger partial charge >= 0.3 is 6.03 Å². The van der Waals surface area contributed by atoms with E-state index < -0.39 is 0 Å². The van der Waals surface area contributed by atoms with Gasteiger partial charge in [-0.2, -0.15) is 5.10 Å². The number of rotatable bonds is 5. The maximum atomic E-state index is 12.4. The van der Waals surface area contributed by atoms with Crippen LogP contribution in [-0.4, -0.2) is 50.5 Å². The second-order valence-corrected chi connectivity index (χ2v) is 6.26. The van der Waals surface area contributed by atoms with Crippen molar-refractivity contribution in [3.8, 4) is 0 Å². The molecule has 7 nitrogen and oxygen atoms in total. The topological polar surface area (TPSA) is 83.3 Å². The third-order valence-corrected chi connectivity index (χ3v) is 4.46. The number of aliphatic hydroxyl groups is 1. The number of urea groups is 1. The molecule has 0 radical (unpaired) electrons. The molecule has 24 heavy (non-hydrogen) atoms. The van der Waals surface area contributed by atoms with Gasteiger partial charge in [-0.3, -0.25) is 10.3 Å². The molecule has 2 atom stereocenters. The van der Waals surface area contributed by atoms with Gasteiger partial charge in [0.25, 0.3) is 0 Å². The van der Waals surface area contributed by atoms with Gasteiger partial charge in [0.1, 0.15) is 5.82 Å². The average Bonchev–Trinajstić information content (AvgIpc) is 3.18. The van der Waals surface area contributed by atoms with Crippen molar-refractivity contribution in [1.82, 2.24) is 19.7 Å². The fourth-order valence-corrected chi connectivity index (χ4v) is 3.08. The van der Waals surface area contributed by atoms with E-state index in [1.165, 1.54) is 0 Å². The number of hydrogen-bond acceptors (Lipinski definition) is 4. The summed E-state index contributed by atoms with van der Waals surface area (Å²) < 4.78 is 1.71. The Balaban J connectivity index is 1.59. The minimum atomic E-state index is -0.296. The molecule has 1 aliphatic rings. The minimum absolute atomic E-state index is 0.166. The highest BCUT2D eigenvalue weighted by Gasteiger charge is 2.27. The van der Waals surface area contributed by atoms with E-state index in [0.717, 1.165) is 25.0 Å². The van der Waals surface area contributed by atoms with Gasteiger partial charge < -0.3 is 10.0 Å². The molecule has 0 aliphatic heterocycles. The predicted molar refractivity (Wildman–Crippen MR) is 90.6 cm³/mol. The Morgan fingerprint density at radius 2 is 2.25 bits per heavy atom. The molecule has 128 valence electrons. The van der Waals surface area contributed by atoms with E-state index in [0.29, 0.717) is 18.9 Å². The van der Waals surface area contributed by atoms with Crippen molar-refractivity contribution in [2.75, 3.05) is 18.9 Å². The van der Waals surface area contributed by atoms with Gasteiger partial charge in [0, 0.05) is 31.8 Å². The zero-order chi connectivity index (χ0) is 16.9. The lowest BCUT2D eigenvalue weighted by Crippen LogP contribution is -2.37. The largest absolute Gasteiger partial charge is 0.393 e.